The van der Waals surface area contributed by atoms with Gasteiger partial charge in [-0.15, -0.1) is 0 Å². The third kappa shape index (κ3) is 4.73. The van der Waals surface area contributed by atoms with Crippen LogP contribution in [0.25, 0.3) is 0 Å². The zero-order valence-electron chi connectivity index (χ0n) is 15.6. The predicted octanol–water partition coefficient (Wildman–Crippen LogP) is 2.51. The van der Waals surface area contributed by atoms with E-state index in [4.69, 9.17) is 5.73 Å². The van der Waals surface area contributed by atoms with Gasteiger partial charge in [0.2, 0.25) is 5.91 Å². The molecule has 1 amide bonds. The van der Waals surface area contributed by atoms with Crippen LogP contribution >= 0.6 is 0 Å². The fraction of sp³-hybridized carbons (Fsp3) is 0.364. The van der Waals surface area contributed by atoms with Gasteiger partial charge in [0.05, 0.1) is 17.7 Å². The molecule has 2 N–H and O–H groups in total. The number of hydrogen-bond acceptors (Lipinski definition) is 4. The quantitative estimate of drug-likeness (QED) is 0.783. The van der Waals surface area contributed by atoms with Gasteiger partial charge in [0.25, 0.3) is 0 Å². The summed E-state index contributed by atoms with van der Waals surface area (Å²) in [4.78, 5) is 17.2. The van der Waals surface area contributed by atoms with E-state index in [1.807, 2.05) is 47.4 Å². The lowest BCUT2D eigenvalue weighted by Gasteiger charge is -2.28. The lowest BCUT2D eigenvalue weighted by Crippen LogP contribution is -2.42. The minimum Gasteiger partial charge on any atom is -0.337 e. The van der Waals surface area contributed by atoms with E-state index in [1.54, 1.807) is 0 Å². The van der Waals surface area contributed by atoms with E-state index in [0.717, 1.165) is 37.1 Å². The highest BCUT2D eigenvalue weighted by Crippen LogP contribution is 2.23. The molecular formula is C22H26N4O. The topological polar surface area (TPSA) is 73.4 Å². The van der Waals surface area contributed by atoms with Gasteiger partial charge in [0.15, 0.2) is 0 Å². The molecule has 2 aromatic carbocycles. The number of likely N-dealkylation sites (tertiary alicyclic amines) is 1. The van der Waals surface area contributed by atoms with E-state index in [2.05, 4.69) is 23.1 Å². The van der Waals surface area contributed by atoms with Crippen molar-refractivity contribution in [2.75, 3.05) is 19.6 Å². The maximum Gasteiger partial charge on any atom is 0.240 e. The number of hydrogen-bond donors (Lipinski definition) is 1. The Morgan fingerprint density at radius 3 is 2.63 bits per heavy atom. The summed E-state index contributed by atoms with van der Waals surface area (Å²) in [5, 5.41) is 9.37. The number of rotatable bonds is 8. The SMILES string of the molecule is N#Cc1ccccc1CN(CCCN)C1CCN(Cc2ccccc2)C1=O. The first-order chi connectivity index (χ1) is 13.2. The molecule has 0 radical (unpaired) electrons. The van der Waals surface area contributed by atoms with Crippen LogP contribution in [0.1, 0.15) is 29.5 Å². The second-order valence-corrected chi connectivity index (χ2v) is 6.93. The van der Waals surface area contributed by atoms with Gasteiger partial charge < -0.3 is 10.6 Å². The highest BCUT2D eigenvalue weighted by Gasteiger charge is 2.35. The molecule has 0 saturated carbocycles. The first-order valence-electron chi connectivity index (χ1n) is 9.47. The maximum atomic E-state index is 13.0. The number of nitrogens with zero attached hydrogens (tertiary/aromatic N) is 3. The van der Waals surface area contributed by atoms with Crippen molar-refractivity contribution in [1.82, 2.24) is 9.80 Å². The lowest BCUT2D eigenvalue weighted by molar-refractivity contribution is -0.132. The number of amides is 1. The monoisotopic (exact) mass is 362 g/mol. The van der Waals surface area contributed by atoms with E-state index >= 15 is 0 Å². The second-order valence-electron chi connectivity index (χ2n) is 6.93. The normalized spacial score (nSPS) is 16.7. The fourth-order valence-electron chi connectivity index (χ4n) is 3.65. The maximum absolute atomic E-state index is 13.0. The summed E-state index contributed by atoms with van der Waals surface area (Å²) in [5.74, 6) is 0.172. The molecule has 1 atom stereocenters. The molecule has 0 spiro atoms. The van der Waals surface area contributed by atoms with Crippen molar-refractivity contribution in [3.8, 4) is 6.07 Å². The van der Waals surface area contributed by atoms with Crippen LogP contribution in [0.5, 0.6) is 0 Å². The molecule has 1 saturated heterocycles. The van der Waals surface area contributed by atoms with E-state index in [9.17, 15) is 10.1 Å². The van der Waals surface area contributed by atoms with Gasteiger partial charge in [-0.1, -0.05) is 48.5 Å². The minimum atomic E-state index is -0.146. The van der Waals surface area contributed by atoms with Crippen LogP contribution in [-0.2, 0) is 17.9 Å². The molecule has 1 aliphatic heterocycles. The van der Waals surface area contributed by atoms with Crippen LogP contribution in [0.2, 0.25) is 0 Å². The van der Waals surface area contributed by atoms with Crippen molar-refractivity contribution in [3.05, 3.63) is 71.3 Å². The third-order valence-corrected chi connectivity index (χ3v) is 5.09. The lowest BCUT2D eigenvalue weighted by atomic mass is 10.1. The number of nitrogens with two attached hydrogens (primary N) is 1. The highest BCUT2D eigenvalue weighted by atomic mass is 16.2. The van der Waals surface area contributed by atoms with Gasteiger partial charge in [0, 0.05) is 26.2 Å². The molecule has 0 aromatic heterocycles. The van der Waals surface area contributed by atoms with E-state index in [1.165, 1.54) is 0 Å². The molecule has 1 unspecified atom stereocenters. The highest BCUT2D eigenvalue weighted by molar-refractivity contribution is 5.84. The van der Waals surface area contributed by atoms with Crippen LogP contribution < -0.4 is 5.73 Å². The number of nitriles is 1. The molecule has 3 rings (SSSR count). The summed E-state index contributed by atoms with van der Waals surface area (Å²) in [7, 11) is 0. The third-order valence-electron chi connectivity index (χ3n) is 5.09. The average molecular weight is 362 g/mol. The Balaban J connectivity index is 1.73. The number of carbonyl (C=O) groups excluding carboxylic acids is 1. The van der Waals surface area contributed by atoms with Gasteiger partial charge in [-0.2, -0.15) is 5.26 Å². The number of benzene rings is 2. The van der Waals surface area contributed by atoms with Crippen LogP contribution in [0.4, 0.5) is 0 Å². The van der Waals surface area contributed by atoms with Crippen molar-refractivity contribution in [3.63, 3.8) is 0 Å². The van der Waals surface area contributed by atoms with Crippen LogP contribution in [0, 0.1) is 11.3 Å². The Bertz CT molecular complexity index is 799. The summed E-state index contributed by atoms with van der Waals surface area (Å²) in [6.07, 6.45) is 1.64. The Labute approximate surface area is 161 Å². The fourth-order valence-corrected chi connectivity index (χ4v) is 3.65. The largest absolute Gasteiger partial charge is 0.337 e. The summed E-state index contributed by atoms with van der Waals surface area (Å²) in [6.45, 7) is 3.35. The Hall–Kier alpha value is -2.68. The average Bonchev–Trinajstić information content (AvgIpc) is 3.06. The smallest absolute Gasteiger partial charge is 0.240 e. The van der Waals surface area contributed by atoms with Crippen molar-refractivity contribution in [1.29, 1.82) is 5.26 Å². The molecule has 2 aromatic rings. The molecular weight excluding hydrogens is 336 g/mol. The van der Waals surface area contributed by atoms with Gasteiger partial charge >= 0.3 is 0 Å². The molecule has 1 heterocycles. The molecule has 27 heavy (non-hydrogen) atoms. The van der Waals surface area contributed by atoms with Crippen molar-refractivity contribution < 1.29 is 4.79 Å². The zero-order chi connectivity index (χ0) is 19.1. The molecule has 0 bridgehead atoms. The van der Waals surface area contributed by atoms with Gasteiger partial charge in [-0.3, -0.25) is 9.69 Å². The van der Waals surface area contributed by atoms with Crippen molar-refractivity contribution in [2.45, 2.75) is 32.0 Å². The van der Waals surface area contributed by atoms with Crippen LogP contribution in [-0.4, -0.2) is 41.4 Å². The first-order valence-corrected chi connectivity index (χ1v) is 9.47. The molecule has 140 valence electrons. The summed E-state index contributed by atoms with van der Waals surface area (Å²) < 4.78 is 0. The van der Waals surface area contributed by atoms with Gasteiger partial charge in [-0.25, -0.2) is 0 Å². The van der Waals surface area contributed by atoms with Crippen LogP contribution in [0.15, 0.2) is 54.6 Å². The second kappa shape index (κ2) is 9.31. The Kier molecular flexibility index (Phi) is 6.59. The van der Waals surface area contributed by atoms with Gasteiger partial charge in [-0.05, 0) is 36.6 Å². The first kappa shape index (κ1) is 19.1. The summed E-state index contributed by atoms with van der Waals surface area (Å²) in [6, 6.07) is 19.8. The molecule has 0 aliphatic carbocycles. The van der Waals surface area contributed by atoms with Crippen molar-refractivity contribution in [2.24, 2.45) is 5.73 Å². The van der Waals surface area contributed by atoms with Crippen molar-refractivity contribution >= 4 is 5.91 Å². The Morgan fingerprint density at radius 2 is 1.89 bits per heavy atom. The zero-order valence-corrected chi connectivity index (χ0v) is 15.6. The van der Waals surface area contributed by atoms with E-state index < -0.39 is 0 Å². The molecule has 1 aliphatic rings. The summed E-state index contributed by atoms with van der Waals surface area (Å²) >= 11 is 0. The van der Waals surface area contributed by atoms with Crippen LogP contribution in [0.3, 0.4) is 0 Å². The standard InChI is InChI=1S/C22H26N4O/c23-12-6-13-25(17-20-10-5-4-9-19(20)15-24)21-11-14-26(22(21)27)16-18-7-2-1-3-8-18/h1-5,7-10,21H,6,11-14,16-17,23H2. The molecule has 5 nitrogen and oxygen atoms in total. The molecule has 1 fully saturated rings. The Morgan fingerprint density at radius 1 is 1.15 bits per heavy atom. The van der Waals surface area contributed by atoms with E-state index in [-0.39, 0.29) is 11.9 Å². The minimum absolute atomic E-state index is 0.146. The van der Waals surface area contributed by atoms with Gasteiger partial charge in [0.1, 0.15) is 0 Å². The predicted molar refractivity (Wildman–Crippen MR) is 106 cm³/mol. The number of carbonyl (C=O) groups is 1. The summed E-state index contributed by atoms with van der Waals surface area (Å²) in [5.41, 5.74) is 8.50. The molecule has 5 heteroatoms. The van der Waals surface area contributed by atoms with E-state index in [0.29, 0.717) is 25.2 Å².